The Morgan fingerprint density at radius 2 is 1.97 bits per heavy atom. The van der Waals surface area contributed by atoms with Gasteiger partial charge in [0.2, 0.25) is 5.91 Å². The second-order valence-electron chi connectivity index (χ2n) is 6.01. The molecule has 0 saturated carbocycles. The monoisotopic (exact) mass is 416 g/mol. The number of benzene rings is 2. The molecule has 1 heterocycles. The summed E-state index contributed by atoms with van der Waals surface area (Å²) < 4.78 is 25.5. The van der Waals surface area contributed by atoms with E-state index in [0.717, 1.165) is 17.3 Å². The third-order valence-corrected chi connectivity index (χ3v) is 4.88. The highest BCUT2D eigenvalue weighted by Gasteiger charge is 2.13. The number of amides is 1. The van der Waals surface area contributed by atoms with Crippen LogP contribution in [-0.4, -0.2) is 46.7 Å². The summed E-state index contributed by atoms with van der Waals surface area (Å²) in [6.07, 6.45) is 0. The van der Waals surface area contributed by atoms with Crippen LogP contribution in [0.15, 0.2) is 53.7 Å². The molecule has 0 saturated heterocycles. The third kappa shape index (κ3) is 5.71. The van der Waals surface area contributed by atoms with Gasteiger partial charge < -0.3 is 14.8 Å². The molecule has 152 valence electrons. The largest absolute Gasteiger partial charge is 0.497 e. The van der Waals surface area contributed by atoms with Crippen LogP contribution in [0.2, 0.25) is 0 Å². The van der Waals surface area contributed by atoms with E-state index in [4.69, 9.17) is 9.47 Å². The standard InChI is InChI=1S/C20H21FN4O3S/c1-14-23-24-20(25(14)16-6-8-17(27-2)9-7-16)29-13-19(26)22-10-11-28-18-5-3-4-15(21)12-18/h3-9,12H,10-11,13H2,1-2H3,(H,22,26). The van der Waals surface area contributed by atoms with Gasteiger partial charge >= 0.3 is 0 Å². The zero-order valence-electron chi connectivity index (χ0n) is 16.1. The molecule has 9 heteroatoms. The Labute approximate surface area is 172 Å². The number of thioether (sulfide) groups is 1. The van der Waals surface area contributed by atoms with Gasteiger partial charge in [-0.2, -0.15) is 0 Å². The second kappa shape index (κ2) is 9.92. The predicted octanol–water partition coefficient (Wildman–Crippen LogP) is 3.01. The maximum Gasteiger partial charge on any atom is 0.230 e. The highest BCUT2D eigenvalue weighted by molar-refractivity contribution is 7.99. The number of aromatic nitrogens is 3. The van der Waals surface area contributed by atoms with Crippen molar-refractivity contribution in [2.24, 2.45) is 0 Å². The molecule has 3 rings (SSSR count). The minimum atomic E-state index is -0.362. The average molecular weight is 416 g/mol. The van der Waals surface area contributed by atoms with Crippen molar-refractivity contribution in [2.45, 2.75) is 12.1 Å². The molecule has 0 radical (unpaired) electrons. The third-order valence-electron chi connectivity index (χ3n) is 3.95. The molecule has 0 bridgehead atoms. The molecule has 3 aromatic rings. The fraction of sp³-hybridized carbons (Fsp3) is 0.250. The van der Waals surface area contributed by atoms with Gasteiger partial charge in [-0.3, -0.25) is 9.36 Å². The molecule has 0 unspecified atom stereocenters. The molecule has 0 atom stereocenters. The molecule has 0 aliphatic heterocycles. The van der Waals surface area contributed by atoms with Crippen molar-refractivity contribution in [2.75, 3.05) is 26.0 Å². The Morgan fingerprint density at radius 3 is 2.69 bits per heavy atom. The van der Waals surface area contributed by atoms with Crippen molar-refractivity contribution >= 4 is 17.7 Å². The smallest absolute Gasteiger partial charge is 0.230 e. The lowest BCUT2D eigenvalue weighted by Gasteiger charge is -2.10. The normalized spacial score (nSPS) is 10.6. The molecule has 7 nitrogen and oxygen atoms in total. The first-order valence-corrected chi connectivity index (χ1v) is 9.89. The van der Waals surface area contributed by atoms with Crippen molar-refractivity contribution < 1.29 is 18.7 Å². The fourth-order valence-corrected chi connectivity index (χ4v) is 3.39. The number of nitrogens with zero attached hydrogens (tertiary/aromatic N) is 3. The Bertz CT molecular complexity index is 963. The van der Waals surface area contributed by atoms with E-state index >= 15 is 0 Å². The SMILES string of the molecule is COc1ccc(-n2c(C)nnc2SCC(=O)NCCOc2cccc(F)c2)cc1. The average Bonchev–Trinajstić information content (AvgIpc) is 3.10. The van der Waals surface area contributed by atoms with Gasteiger partial charge in [0.1, 0.15) is 29.7 Å². The van der Waals surface area contributed by atoms with E-state index in [1.165, 1.54) is 23.9 Å². The summed E-state index contributed by atoms with van der Waals surface area (Å²) in [5, 5.41) is 11.7. The first-order chi connectivity index (χ1) is 14.1. The molecule has 0 aliphatic carbocycles. The number of halogens is 1. The van der Waals surface area contributed by atoms with Crippen LogP contribution < -0.4 is 14.8 Å². The minimum absolute atomic E-state index is 0.153. The van der Waals surface area contributed by atoms with Crippen molar-refractivity contribution in [3.05, 3.63) is 60.2 Å². The number of ether oxygens (including phenoxy) is 2. The van der Waals surface area contributed by atoms with Gasteiger partial charge in [0.15, 0.2) is 5.16 Å². The molecule has 0 spiro atoms. The van der Waals surface area contributed by atoms with Crippen molar-refractivity contribution in [3.8, 4) is 17.2 Å². The van der Waals surface area contributed by atoms with E-state index in [1.54, 1.807) is 19.2 Å². The molecule has 1 N–H and O–H groups in total. The minimum Gasteiger partial charge on any atom is -0.497 e. The van der Waals surface area contributed by atoms with Crippen LogP contribution in [0.1, 0.15) is 5.82 Å². The zero-order chi connectivity index (χ0) is 20.6. The van der Waals surface area contributed by atoms with Crippen LogP contribution in [0, 0.1) is 12.7 Å². The van der Waals surface area contributed by atoms with E-state index in [0.29, 0.717) is 17.5 Å². The second-order valence-corrected chi connectivity index (χ2v) is 6.95. The molecule has 29 heavy (non-hydrogen) atoms. The highest BCUT2D eigenvalue weighted by atomic mass is 32.2. The van der Waals surface area contributed by atoms with Gasteiger partial charge in [-0.25, -0.2) is 4.39 Å². The lowest BCUT2D eigenvalue weighted by atomic mass is 10.3. The van der Waals surface area contributed by atoms with Crippen molar-refractivity contribution in [1.29, 1.82) is 0 Å². The van der Waals surface area contributed by atoms with Crippen molar-refractivity contribution in [3.63, 3.8) is 0 Å². The van der Waals surface area contributed by atoms with E-state index in [-0.39, 0.29) is 24.1 Å². The number of hydrogen-bond acceptors (Lipinski definition) is 6. The van der Waals surface area contributed by atoms with Crippen molar-refractivity contribution in [1.82, 2.24) is 20.1 Å². The lowest BCUT2D eigenvalue weighted by molar-refractivity contribution is -0.118. The maximum atomic E-state index is 13.1. The number of aryl methyl sites for hydroxylation is 1. The van der Waals surface area contributed by atoms with E-state index in [1.807, 2.05) is 35.8 Å². The van der Waals surface area contributed by atoms with Gasteiger partial charge in [0.05, 0.1) is 19.4 Å². The van der Waals surface area contributed by atoms with E-state index < -0.39 is 0 Å². The van der Waals surface area contributed by atoms with E-state index in [2.05, 4.69) is 15.5 Å². The molecule has 2 aromatic carbocycles. The summed E-state index contributed by atoms with van der Waals surface area (Å²) in [6, 6.07) is 13.4. The van der Waals surface area contributed by atoms with Crippen LogP contribution in [-0.2, 0) is 4.79 Å². The molecule has 1 amide bonds. The maximum absolute atomic E-state index is 13.1. The summed E-state index contributed by atoms with van der Waals surface area (Å²) in [7, 11) is 1.61. The van der Waals surface area contributed by atoms with Gasteiger partial charge in [-0.05, 0) is 43.3 Å². The summed E-state index contributed by atoms with van der Waals surface area (Å²) in [5.74, 6) is 1.58. The zero-order valence-corrected chi connectivity index (χ0v) is 16.9. The number of hydrogen-bond donors (Lipinski definition) is 1. The van der Waals surface area contributed by atoms with Gasteiger partial charge in [0.25, 0.3) is 0 Å². The van der Waals surface area contributed by atoms with Gasteiger partial charge in [-0.1, -0.05) is 17.8 Å². The van der Waals surface area contributed by atoms with Crippen LogP contribution in [0.25, 0.3) is 5.69 Å². The number of rotatable bonds is 9. The first-order valence-electron chi connectivity index (χ1n) is 8.91. The topological polar surface area (TPSA) is 78.3 Å². The Kier molecular flexibility index (Phi) is 7.07. The van der Waals surface area contributed by atoms with E-state index in [9.17, 15) is 9.18 Å². The fourth-order valence-electron chi connectivity index (χ4n) is 2.56. The molecular formula is C20H21FN4O3S. The summed E-state index contributed by atoms with van der Waals surface area (Å²) in [5.41, 5.74) is 0.889. The van der Waals surface area contributed by atoms with Crippen LogP contribution in [0.5, 0.6) is 11.5 Å². The number of carbonyl (C=O) groups excluding carboxylic acids is 1. The summed E-state index contributed by atoms with van der Waals surface area (Å²) >= 11 is 1.29. The van der Waals surface area contributed by atoms with Crippen LogP contribution in [0.4, 0.5) is 4.39 Å². The predicted molar refractivity (Wildman–Crippen MR) is 108 cm³/mol. The Morgan fingerprint density at radius 1 is 1.17 bits per heavy atom. The molecule has 1 aromatic heterocycles. The molecule has 0 fully saturated rings. The van der Waals surface area contributed by atoms with Crippen LogP contribution in [0.3, 0.4) is 0 Å². The lowest BCUT2D eigenvalue weighted by Crippen LogP contribution is -2.29. The highest BCUT2D eigenvalue weighted by Crippen LogP contribution is 2.23. The number of methoxy groups -OCH3 is 1. The number of carbonyl (C=O) groups is 1. The molecular weight excluding hydrogens is 395 g/mol. The van der Waals surface area contributed by atoms with Gasteiger partial charge in [0, 0.05) is 11.8 Å². The summed E-state index contributed by atoms with van der Waals surface area (Å²) in [6.45, 7) is 2.42. The van der Waals surface area contributed by atoms with Gasteiger partial charge in [-0.15, -0.1) is 10.2 Å². The first kappa shape index (κ1) is 20.7. The van der Waals surface area contributed by atoms with Crippen LogP contribution >= 0.6 is 11.8 Å². The Hall–Kier alpha value is -3.07. The summed E-state index contributed by atoms with van der Waals surface area (Å²) in [4.78, 5) is 12.1. The quantitative estimate of drug-likeness (QED) is 0.427. The molecule has 0 aliphatic rings. The number of nitrogens with one attached hydrogen (secondary N) is 1. The Balaban J connectivity index is 1.49.